The fourth-order valence-electron chi connectivity index (χ4n) is 1.58. The number of nitrogens with zero attached hydrogens (tertiary/aromatic N) is 2. The number of hydrogen-bond donors (Lipinski definition) is 3. The maximum Gasteiger partial charge on any atom is 0.336 e. The number of carbonyl (C=O) groups is 2. The third-order valence-corrected chi connectivity index (χ3v) is 3.93. The standard InChI is InChI=1S/C12H9N3O5S2/c16-7(17)5-22-11(21)8-10(19)15(12(20)14-8)9(18)6-2-1-3-13-4-6/h1-4,19H,5H2,(H,14,20)(H,16,17). The molecule has 0 radical (unpaired) electrons. The van der Waals surface area contributed by atoms with Crippen LogP contribution in [0.2, 0.25) is 0 Å². The van der Waals surface area contributed by atoms with Crippen molar-refractivity contribution in [3.63, 3.8) is 0 Å². The molecule has 3 N–H and O–H groups in total. The van der Waals surface area contributed by atoms with Crippen molar-refractivity contribution in [3.8, 4) is 5.88 Å². The lowest BCUT2D eigenvalue weighted by molar-refractivity contribution is -0.133. The van der Waals surface area contributed by atoms with E-state index in [9.17, 15) is 19.5 Å². The zero-order valence-corrected chi connectivity index (χ0v) is 12.5. The first-order valence-corrected chi connectivity index (χ1v) is 7.19. The summed E-state index contributed by atoms with van der Waals surface area (Å²) in [5, 5.41) is 18.6. The van der Waals surface area contributed by atoms with Gasteiger partial charge in [-0.25, -0.2) is 4.79 Å². The van der Waals surface area contributed by atoms with Gasteiger partial charge in [-0.1, -0.05) is 12.2 Å². The second-order valence-electron chi connectivity index (χ2n) is 3.98. The molecule has 0 saturated carbocycles. The van der Waals surface area contributed by atoms with Crippen LogP contribution in [0.25, 0.3) is 0 Å². The smallest absolute Gasteiger partial charge is 0.336 e. The molecule has 10 heteroatoms. The van der Waals surface area contributed by atoms with Crippen molar-refractivity contribution in [2.75, 3.05) is 5.75 Å². The summed E-state index contributed by atoms with van der Waals surface area (Å²) in [5.41, 5.74) is -0.933. The number of hydrogen-bond acceptors (Lipinski definition) is 7. The van der Waals surface area contributed by atoms with Gasteiger partial charge < -0.3 is 15.2 Å². The first-order chi connectivity index (χ1) is 10.4. The highest BCUT2D eigenvalue weighted by Crippen LogP contribution is 2.21. The van der Waals surface area contributed by atoms with E-state index in [2.05, 4.69) is 9.97 Å². The van der Waals surface area contributed by atoms with Crippen LogP contribution in [0.3, 0.4) is 0 Å². The summed E-state index contributed by atoms with van der Waals surface area (Å²) in [6, 6.07) is 2.95. The van der Waals surface area contributed by atoms with Crippen LogP contribution in [0.5, 0.6) is 5.88 Å². The van der Waals surface area contributed by atoms with E-state index in [1.54, 1.807) is 0 Å². The number of nitrogens with one attached hydrogen (secondary N) is 1. The van der Waals surface area contributed by atoms with Gasteiger partial charge in [-0.3, -0.25) is 14.6 Å². The Morgan fingerprint density at radius 2 is 2.18 bits per heavy atom. The third kappa shape index (κ3) is 3.23. The van der Waals surface area contributed by atoms with Gasteiger partial charge in [-0.05, 0) is 12.1 Å². The zero-order chi connectivity index (χ0) is 16.3. The van der Waals surface area contributed by atoms with E-state index >= 15 is 0 Å². The summed E-state index contributed by atoms with van der Waals surface area (Å²) in [6.07, 6.45) is 2.71. The molecule has 8 nitrogen and oxygen atoms in total. The van der Waals surface area contributed by atoms with Crippen molar-refractivity contribution in [2.24, 2.45) is 0 Å². The lowest BCUT2D eigenvalue weighted by Crippen LogP contribution is -2.24. The molecular weight excluding hydrogens is 330 g/mol. The Morgan fingerprint density at radius 3 is 2.77 bits per heavy atom. The summed E-state index contributed by atoms with van der Waals surface area (Å²) in [7, 11) is 0. The van der Waals surface area contributed by atoms with E-state index in [1.807, 2.05) is 0 Å². The van der Waals surface area contributed by atoms with Gasteiger partial charge >= 0.3 is 11.7 Å². The van der Waals surface area contributed by atoms with Crippen molar-refractivity contribution in [1.29, 1.82) is 0 Å². The van der Waals surface area contributed by atoms with Gasteiger partial charge in [-0.15, -0.1) is 11.8 Å². The quantitative estimate of drug-likeness (QED) is 0.686. The van der Waals surface area contributed by atoms with E-state index < -0.39 is 23.4 Å². The van der Waals surface area contributed by atoms with Crippen LogP contribution < -0.4 is 5.69 Å². The molecule has 2 aromatic rings. The van der Waals surface area contributed by atoms with Crippen molar-refractivity contribution < 1.29 is 19.8 Å². The molecule has 22 heavy (non-hydrogen) atoms. The van der Waals surface area contributed by atoms with E-state index in [0.717, 1.165) is 11.8 Å². The number of H-pyrrole nitrogens is 1. The van der Waals surface area contributed by atoms with Gasteiger partial charge in [0, 0.05) is 12.4 Å². The van der Waals surface area contributed by atoms with Crippen molar-refractivity contribution in [1.82, 2.24) is 14.5 Å². The topological polar surface area (TPSA) is 125 Å². The molecule has 0 aromatic carbocycles. The number of pyridine rings is 1. The van der Waals surface area contributed by atoms with Crippen molar-refractivity contribution in [2.45, 2.75) is 0 Å². The highest BCUT2D eigenvalue weighted by atomic mass is 32.2. The Balaban J connectivity index is 2.36. The summed E-state index contributed by atoms with van der Waals surface area (Å²) in [6.45, 7) is 0. The molecule has 2 aromatic heterocycles. The molecule has 0 unspecified atom stereocenters. The predicted molar refractivity (Wildman–Crippen MR) is 82.5 cm³/mol. The second-order valence-corrected chi connectivity index (χ2v) is 5.63. The SMILES string of the molecule is O=C(O)CSC(=S)c1[nH]c(=O)n(C(=O)c2cccnc2)c1O. The molecule has 2 heterocycles. The third-order valence-electron chi connectivity index (χ3n) is 2.51. The van der Waals surface area contributed by atoms with Gasteiger partial charge in [0.15, 0.2) is 0 Å². The van der Waals surface area contributed by atoms with E-state index in [0.29, 0.717) is 4.57 Å². The monoisotopic (exact) mass is 339 g/mol. The number of aromatic hydroxyl groups is 1. The lowest BCUT2D eigenvalue weighted by Gasteiger charge is -2.03. The second kappa shape index (κ2) is 6.54. The number of thioether (sulfide) groups is 1. The predicted octanol–water partition coefficient (Wildman–Crippen LogP) is 0.459. The Labute approximate surface area is 132 Å². The minimum atomic E-state index is -1.10. The van der Waals surface area contributed by atoms with Gasteiger partial charge in [0.1, 0.15) is 9.89 Å². The first kappa shape index (κ1) is 15.9. The normalized spacial score (nSPS) is 10.4. The van der Waals surface area contributed by atoms with E-state index in [1.165, 1.54) is 24.5 Å². The number of aromatic nitrogens is 3. The lowest BCUT2D eigenvalue weighted by atomic mass is 10.3. The molecule has 0 aliphatic heterocycles. The molecular formula is C12H9N3O5S2. The van der Waals surface area contributed by atoms with E-state index in [4.69, 9.17) is 17.3 Å². The molecule has 0 aliphatic carbocycles. The largest absolute Gasteiger partial charge is 0.493 e. The molecule has 0 atom stereocenters. The van der Waals surface area contributed by atoms with Gasteiger partial charge in [0.2, 0.25) is 5.88 Å². The highest BCUT2D eigenvalue weighted by molar-refractivity contribution is 8.24. The molecule has 2 rings (SSSR count). The number of thiocarbonyl (C=S) groups is 1. The number of aliphatic carboxylic acids is 1. The maximum absolute atomic E-state index is 12.2. The van der Waals surface area contributed by atoms with Gasteiger partial charge in [0.05, 0.1) is 11.3 Å². The fourth-order valence-corrected chi connectivity index (χ4v) is 2.44. The minimum Gasteiger partial charge on any atom is -0.493 e. The van der Waals surface area contributed by atoms with Crippen LogP contribution in [0, 0.1) is 0 Å². The molecule has 0 spiro atoms. The summed E-state index contributed by atoms with van der Waals surface area (Å²) in [4.78, 5) is 40.5. The van der Waals surface area contributed by atoms with Gasteiger partial charge in [-0.2, -0.15) is 4.57 Å². The van der Waals surface area contributed by atoms with E-state index in [-0.39, 0.29) is 21.2 Å². The molecule has 0 aliphatic rings. The Hall–Kier alpha value is -2.46. The van der Waals surface area contributed by atoms with Crippen LogP contribution in [-0.4, -0.2) is 46.6 Å². The number of carbonyl (C=O) groups excluding carboxylic acids is 1. The van der Waals surface area contributed by atoms with Gasteiger partial charge in [0.25, 0.3) is 5.91 Å². The average Bonchev–Trinajstić information content (AvgIpc) is 2.80. The summed E-state index contributed by atoms with van der Waals surface area (Å²) >= 11 is 5.68. The van der Waals surface area contributed by atoms with Crippen molar-refractivity contribution >= 4 is 40.1 Å². The minimum absolute atomic E-state index is 0.0327. The number of carboxylic acids is 1. The van der Waals surface area contributed by atoms with Crippen LogP contribution in [0.15, 0.2) is 29.3 Å². The summed E-state index contributed by atoms with van der Waals surface area (Å²) in [5.74, 6) is -2.87. The zero-order valence-electron chi connectivity index (χ0n) is 10.8. The highest BCUT2D eigenvalue weighted by Gasteiger charge is 2.23. The Kier molecular flexibility index (Phi) is 4.73. The number of aromatic amines is 1. The summed E-state index contributed by atoms with van der Waals surface area (Å²) < 4.78 is 0.481. The maximum atomic E-state index is 12.2. The molecule has 0 bridgehead atoms. The number of rotatable bonds is 4. The molecule has 0 amide bonds. The molecule has 0 fully saturated rings. The average molecular weight is 339 g/mol. The molecule has 0 saturated heterocycles. The van der Waals surface area contributed by atoms with Crippen LogP contribution in [0.1, 0.15) is 16.1 Å². The van der Waals surface area contributed by atoms with Crippen molar-refractivity contribution in [3.05, 3.63) is 46.3 Å². The Bertz CT molecular complexity index is 797. The van der Waals surface area contributed by atoms with Crippen LogP contribution in [-0.2, 0) is 4.79 Å². The fraction of sp³-hybridized carbons (Fsp3) is 0.0833. The van der Waals surface area contributed by atoms with Crippen LogP contribution in [0.4, 0.5) is 0 Å². The first-order valence-electron chi connectivity index (χ1n) is 5.79. The van der Waals surface area contributed by atoms with Crippen LogP contribution >= 0.6 is 24.0 Å². The number of imidazole rings is 1. The number of carboxylic acid groups (broad SMARTS) is 1. The molecule has 114 valence electrons. The Morgan fingerprint density at radius 1 is 1.45 bits per heavy atom.